The van der Waals surface area contributed by atoms with Gasteiger partial charge in [-0.25, -0.2) is 4.39 Å². The summed E-state index contributed by atoms with van der Waals surface area (Å²) >= 11 is 11.2. The van der Waals surface area contributed by atoms with E-state index in [0.29, 0.717) is 15.2 Å². The van der Waals surface area contributed by atoms with E-state index in [2.05, 4.69) is 43.8 Å². The van der Waals surface area contributed by atoms with Gasteiger partial charge in [0.2, 0.25) is 0 Å². The van der Waals surface area contributed by atoms with Crippen molar-refractivity contribution in [1.82, 2.24) is 0 Å². The fourth-order valence-corrected chi connectivity index (χ4v) is 2.57. The lowest BCUT2D eigenvalue weighted by Gasteiger charge is -2.08. The number of halogens is 4. The average molecular weight is 454 g/mol. The molecule has 1 N–H and O–H groups in total. The number of benzene rings is 2. The zero-order chi connectivity index (χ0) is 14.0. The number of carbonyl (C=O) groups excluding carboxylic acids is 1. The van der Waals surface area contributed by atoms with Gasteiger partial charge in [0.05, 0.1) is 15.2 Å². The lowest BCUT2D eigenvalue weighted by atomic mass is 10.2. The maximum Gasteiger partial charge on any atom is 0.255 e. The molecule has 0 aliphatic rings. The van der Waals surface area contributed by atoms with Crippen LogP contribution in [0.3, 0.4) is 0 Å². The standard InChI is InChI=1S/C13H7BrClFINO/c14-9-3-1-7(5-11(9)16)13(19)18-12-4-2-8(17)6-10(12)15/h1-6H,(H,18,19). The summed E-state index contributed by atoms with van der Waals surface area (Å²) in [4.78, 5) is 12.0. The molecule has 0 heterocycles. The van der Waals surface area contributed by atoms with Crippen LogP contribution < -0.4 is 5.32 Å². The van der Waals surface area contributed by atoms with Crippen LogP contribution in [0, 0.1) is 9.39 Å². The SMILES string of the molecule is O=C(Nc1ccc(I)cc1Cl)c1ccc(Br)c(F)c1. The number of nitrogens with one attached hydrogen (secondary N) is 1. The summed E-state index contributed by atoms with van der Waals surface area (Å²) in [7, 11) is 0. The third-order valence-electron chi connectivity index (χ3n) is 2.36. The highest BCUT2D eigenvalue weighted by atomic mass is 127. The molecule has 0 aliphatic heterocycles. The topological polar surface area (TPSA) is 29.1 Å². The molecule has 19 heavy (non-hydrogen) atoms. The normalized spacial score (nSPS) is 10.3. The van der Waals surface area contributed by atoms with Crippen molar-refractivity contribution >= 4 is 61.7 Å². The van der Waals surface area contributed by atoms with Gasteiger partial charge in [0.1, 0.15) is 5.82 Å². The largest absolute Gasteiger partial charge is 0.321 e. The third-order valence-corrected chi connectivity index (χ3v) is 3.99. The molecule has 2 aromatic carbocycles. The highest BCUT2D eigenvalue weighted by Gasteiger charge is 2.10. The predicted octanol–water partition coefficient (Wildman–Crippen LogP) is 5.10. The lowest BCUT2D eigenvalue weighted by Crippen LogP contribution is -2.12. The minimum absolute atomic E-state index is 0.232. The van der Waals surface area contributed by atoms with E-state index < -0.39 is 11.7 Å². The van der Waals surface area contributed by atoms with Gasteiger partial charge >= 0.3 is 0 Å². The van der Waals surface area contributed by atoms with Crippen LogP contribution in [0.2, 0.25) is 5.02 Å². The van der Waals surface area contributed by atoms with Gasteiger partial charge in [0, 0.05) is 9.13 Å². The van der Waals surface area contributed by atoms with Gasteiger partial charge in [-0.1, -0.05) is 11.6 Å². The quantitative estimate of drug-likeness (QED) is 0.629. The number of carbonyl (C=O) groups is 1. The number of rotatable bonds is 2. The first-order valence-electron chi connectivity index (χ1n) is 5.19. The maximum absolute atomic E-state index is 13.4. The average Bonchev–Trinajstić information content (AvgIpc) is 2.36. The molecule has 0 atom stereocenters. The fourth-order valence-electron chi connectivity index (χ4n) is 1.42. The van der Waals surface area contributed by atoms with Gasteiger partial charge in [-0.2, -0.15) is 0 Å². The summed E-state index contributed by atoms with van der Waals surface area (Å²) in [5, 5.41) is 3.09. The third kappa shape index (κ3) is 3.67. The highest BCUT2D eigenvalue weighted by Crippen LogP contribution is 2.25. The van der Waals surface area contributed by atoms with Crippen LogP contribution in [0.15, 0.2) is 40.9 Å². The molecule has 0 aromatic heterocycles. The summed E-state index contributed by atoms with van der Waals surface area (Å²) in [5.74, 6) is -0.893. The number of amides is 1. The Kier molecular flexibility index (Phi) is 4.81. The molecule has 0 unspecified atom stereocenters. The first-order chi connectivity index (χ1) is 8.97. The minimum atomic E-state index is -0.485. The summed E-state index contributed by atoms with van der Waals surface area (Å²) in [6.07, 6.45) is 0. The van der Waals surface area contributed by atoms with Crippen molar-refractivity contribution in [1.29, 1.82) is 0 Å². The van der Waals surface area contributed by atoms with Crippen LogP contribution in [-0.4, -0.2) is 5.91 Å². The first-order valence-corrected chi connectivity index (χ1v) is 7.44. The molecule has 0 saturated carbocycles. The second kappa shape index (κ2) is 6.19. The van der Waals surface area contributed by atoms with E-state index in [1.807, 2.05) is 6.07 Å². The van der Waals surface area contributed by atoms with E-state index in [0.717, 1.165) is 3.57 Å². The predicted molar refractivity (Wildman–Crippen MR) is 86.2 cm³/mol. The van der Waals surface area contributed by atoms with Gasteiger partial charge in [0.15, 0.2) is 0 Å². The van der Waals surface area contributed by atoms with Crippen molar-refractivity contribution < 1.29 is 9.18 Å². The molecule has 0 bridgehead atoms. The van der Waals surface area contributed by atoms with E-state index >= 15 is 0 Å². The van der Waals surface area contributed by atoms with Crippen LogP contribution in [0.1, 0.15) is 10.4 Å². The Labute approximate surface area is 136 Å². The molecule has 2 nitrogen and oxygen atoms in total. The fraction of sp³-hybridized carbons (Fsp3) is 0. The van der Waals surface area contributed by atoms with Crippen molar-refractivity contribution in [3.05, 3.63) is 60.8 Å². The van der Waals surface area contributed by atoms with Gasteiger partial charge in [-0.05, 0) is 74.9 Å². The van der Waals surface area contributed by atoms with E-state index in [1.165, 1.54) is 18.2 Å². The number of hydrogen-bond donors (Lipinski definition) is 1. The van der Waals surface area contributed by atoms with Crippen molar-refractivity contribution in [2.75, 3.05) is 5.32 Å². The molecule has 0 aliphatic carbocycles. The van der Waals surface area contributed by atoms with E-state index in [-0.39, 0.29) is 5.56 Å². The Morgan fingerprint density at radius 1 is 1.26 bits per heavy atom. The molecule has 2 aromatic rings. The molecule has 0 fully saturated rings. The number of anilines is 1. The summed E-state index contributed by atoms with van der Waals surface area (Å²) in [5.41, 5.74) is 0.728. The van der Waals surface area contributed by atoms with Gasteiger partial charge in [-0.3, -0.25) is 4.79 Å². The molecule has 1 amide bonds. The highest BCUT2D eigenvalue weighted by molar-refractivity contribution is 14.1. The molecular weight excluding hydrogens is 447 g/mol. The Morgan fingerprint density at radius 2 is 2.00 bits per heavy atom. The van der Waals surface area contributed by atoms with Crippen LogP contribution in [0.4, 0.5) is 10.1 Å². The monoisotopic (exact) mass is 453 g/mol. The van der Waals surface area contributed by atoms with Crippen LogP contribution in [0.25, 0.3) is 0 Å². The van der Waals surface area contributed by atoms with E-state index in [1.54, 1.807) is 12.1 Å². The second-order valence-electron chi connectivity index (χ2n) is 3.71. The van der Waals surface area contributed by atoms with Crippen molar-refractivity contribution in [2.24, 2.45) is 0 Å². The molecule has 0 saturated heterocycles. The summed E-state index contributed by atoms with van der Waals surface area (Å²) in [6, 6.07) is 9.45. The van der Waals surface area contributed by atoms with Gasteiger partial charge in [0.25, 0.3) is 5.91 Å². The molecule has 0 spiro atoms. The molecule has 6 heteroatoms. The lowest BCUT2D eigenvalue weighted by molar-refractivity contribution is 0.102. The summed E-state index contributed by atoms with van der Waals surface area (Å²) < 4.78 is 14.6. The van der Waals surface area contributed by atoms with Crippen molar-refractivity contribution in [2.45, 2.75) is 0 Å². The van der Waals surface area contributed by atoms with Crippen molar-refractivity contribution in [3.8, 4) is 0 Å². The van der Waals surface area contributed by atoms with Gasteiger partial charge < -0.3 is 5.32 Å². The van der Waals surface area contributed by atoms with Crippen molar-refractivity contribution in [3.63, 3.8) is 0 Å². The van der Waals surface area contributed by atoms with E-state index in [4.69, 9.17) is 11.6 Å². The molecule has 2 rings (SSSR count). The Morgan fingerprint density at radius 3 is 2.63 bits per heavy atom. The maximum atomic E-state index is 13.4. The Bertz CT molecular complexity index is 651. The van der Waals surface area contributed by atoms with Crippen LogP contribution in [0.5, 0.6) is 0 Å². The Balaban J connectivity index is 2.23. The molecule has 0 radical (unpaired) electrons. The summed E-state index contributed by atoms with van der Waals surface area (Å²) in [6.45, 7) is 0. The zero-order valence-corrected chi connectivity index (χ0v) is 13.9. The first kappa shape index (κ1) is 14.7. The second-order valence-corrected chi connectivity index (χ2v) is 6.21. The molecule has 98 valence electrons. The minimum Gasteiger partial charge on any atom is -0.321 e. The van der Waals surface area contributed by atoms with E-state index in [9.17, 15) is 9.18 Å². The van der Waals surface area contributed by atoms with Gasteiger partial charge in [-0.15, -0.1) is 0 Å². The molecular formula is C13H7BrClFINO. The number of hydrogen-bond acceptors (Lipinski definition) is 1. The smallest absolute Gasteiger partial charge is 0.255 e. The van der Waals surface area contributed by atoms with Crippen LogP contribution >= 0.6 is 50.1 Å². The zero-order valence-electron chi connectivity index (χ0n) is 9.38. The Hall–Kier alpha value is -0.660. The van der Waals surface area contributed by atoms with Crippen LogP contribution in [-0.2, 0) is 0 Å².